The number of nitrogens with two attached hydrogens (primary N) is 1. The highest BCUT2D eigenvalue weighted by Crippen LogP contribution is 2.27. The zero-order chi connectivity index (χ0) is 11.0. The van der Waals surface area contributed by atoms with Gasteiger partial charge in [0, 0.05) is 11.3 Å². The molecule has 0 spiro atoms. The number of hydrogen-bond donors (Lipinski definition) is 1. The minimum absolute atomic E-state index is 0.490. The average molecular weight is 241 g/mol. The second-order valence-electron chi connectivity index (χ2n) is 3.11. The fourth-order valence-corrected chi connectivity index (χ4v) is 1.95. The minimum atomic E-state index is 0.490. The lowest BCUT2D eigenvalue weighted by atomic mass is 10.2. The van der Waals surface area contributed by atoms with Gasteiger partial charge in [0.25, 0.3) is 0 Å². The van der Waals surface area contributed by atoms with Gasteiger partial charge in [-0.3, -0.25) is 0 Å². The normalized spacial score (nSPS) is 10.6. The van der Waals surface area contributed by atoms with Gasteiger partial charge >= 0.3 is 0 Å². The molecule has 0 aliphatic rings. The van der Waals surface area contributed by atoms with Gasteiger partial charge in [-0.05, 0) is 13.8 Å². The van der Waals surface area contributed by atoms with E-state index in [2.05, 4.69) is 15.0 Å². The van der Waals surface area contributed by atoms with E-state index >= 15 is 0 Å². The molecule has 2 N–H and O–H groups in total. The summed E-state index contributed by atoms with van der Waals surface area (Å²) < 4.78 is 0.616. The summed E-state index contributed by atoms with van der Waals surface area (Å²) in [5.41, 5.74) is 7.53. The van der Waals surface area contributed by atoms with Crippen molar-refractivity contribution in [3.8, 4) is 10.8 Å². The maximum Gasteiger partial charge on any atom is 0.190 e. The van der Waals surface area contributed by atoms with Crippen LogP contribution in [0.15, 0.2) is 6.20 Å². The second kappa shape index (κ2) is 3.75. The molecule has 0 saturated carbocycles. The number of thiazole rings is 1. The summed E-state index contributed by atoms with van der Waals surface area (Å²) in [5.74, 6) is 1.02. The highest BCUT2D eigenvalue weighted by Gasteiger charge is 2.10. The van der Waals surface area contributed by atoms with Gasteiger partial charge in [-0.15, -0.1) is 0 Å². The number of nitrogens with zero attached hydrogens (tertiary/aromatic N) is 3. The van der Waals surface area contributed by atoms with Crippen molar-refractivity contribution in [2.75, 3.05) is 5.73 Å². The van der Waals surface area contributed by atoms with Crippen LogP contribution in [0.5, 0.6) is 0 Å². The molecule has 0 aromatic carbocycles. The second-order valence-corrected chi connectivity index (χ2v) is 4.77. The van der Waals surface area contributed by atoms with Gasteiger partial charge < -0.3 is 5.73 Å². The number of hydrogen-bond acceptors (Lipinski definition) is 5. The predicted molar refractivity (Wildman–Crippen MR) is 62.0 cm³/mol. The molecule has 0 saturated heterocycles. The zero-order valence-corrected chi connectivity index (χ0v) is 9.85. The molecule has 2 heterocycles. The van der Waals surface area contributed by atoms with Gasteiger partial charge in [0.05, 0.1) is 6.20 Å². The molecule has 0 aliphatic carbocycles. The maximum absolute atomic E-state index is 5.79. The van der Waals surface area contributed by atoms with E-state index in [4.69, 9.17) is 17.3 Å². The van der Waals surface area contributed by atoms with E-state index in [1.165, 1.54) is 11.3 Å². The Morgan fingerprint density at radius 2 is 2.07 bits per heavy atom. The molecule has 6 heteroatoms. The van der Waals surface area contributed by atoms with Gasteiger partial charge in [-0.2, -0.15) is 0 Å². The smallest absolute Gasteiger partial charge is 0.190 e. The third-order valence-corrected chi connectivity index (χ3v) is 3.21. The molecule has 0 amide bonds. The summed E-state index contributed by atoms with van der Waals surface area (Å²) in [4.78, 5) is 12.6. The van der Waals surface area contributed by atoms with Crippen molar-refractivity contribution in [2.24, 2.45) is 0 Å². The Hall–Kier alpha value is -1.20. The van der Waals surface area contributed by atoms with Gasteiger partial charge in [0.15, 0.2) is 10.8 Å². The van der Waals surface area contributed by atoms with Crippen LogP contribution in [0.1, 0.15) is 11.3 Å². The van der Waals surface area contributed by atoms with Crippen molar-refractivity contribution in [3.05, 3.63) is 21.8 Å². The van der Waals surface area contributed by atoms with Gasteiger partial charge in [-0.1, -0.05) is 22.9 Å². The van der Waals surface area contributed by atoms with Crippen LogP contribution in [-0.4, -0.2) is 15.0 Å². The Morgan fingerprint density at radius 3 is 2.60 bits per heavy atom. The lowest BCUT2D eigenvalue weighted by Gasteiger charge is -2.04. The fraction of sp³-hybridized carbons (Fsp3) is 0.222. The lowest BCUT2D eigenvalue weighted by molar-refractivity contribution is 1.07. The number of aryl methyl sites for hydroxylation is 1. The molecule has 0 radical (unpaired) electrons. The molecule has 0 fully saturated rings. The van der Waals surface area contributed by atoms with E-state index in [1.54, 1.807) is 6.20 Å². The Labute approximate surface area is 96.2 Å². The van der Waals surface area contributed by atoms with Crippen molar-refractivity contribution in [1.29, 1.82) is 0 Å². The number of rotatable bonds is 1. The summed E-state index contributed by atoms with van der Waals surface area (Å²) in [6.45, 7) is 3.79. The first-order valence-electron chi connectivity index (χ1n) is 4.30. The largest absolute Gasteiger partial charge is 0.383 e. The zero-order valence-electron chi connectivity index (χ0n) is 8.28. The van der Waals surface area contributed by atoms with E-state index in [-0.39, 0.29) is 0 Å². The van der Waals surface area contributed by atoms with E-state index in [0.717, 1.165) is 11.3 Å². The van der Waals surface area contributed by atoms with Crippen LogP contribution >= 0.6 is 22.9 Å². The van der Waals surface area contributed by atoms with Crippen LogP contribution in [0.25, 0.3) is 10.8 Å². The Bertz CT molecular complexity index is 486. The monoisotopic (exact) mass is 240 g/mol. The predicted octanol–water partition coefficient (Wildman–Crippen LogP) is 2.45. The molecule has 78 valence electrons. The third kappa shape index (κ3) is 1.93. The van der Waals surface area contributed by atoms with Gasteiger partial charge in [0.2, 0.25) is 0 Å². The van der Waals surface area contributed by atoms with Crippen molar-refractivity contribution >= 4 is 28.8 Å². The van der Waals surface area contributed by atoms with Crippen LogP contribution in [0.2, 0.25) is 4.34 Å². The molecule has 2 rings (SSSR count). The summed E-state index contributed by atoms with van der Waals surface area (Å²) in [6, 6.07) is 0. The molecule has 0 atom stereocenters. The van der Waals surface area contributed by atoms with Gasteiger partial charge in [-0.25, -0.2) is 15.0 Å². The van der Waals surface area contributed by atoms with Crippen molar-refractivity contribution in [3.63, 3.8) is 0 Å². The van der Waals surface area contributed by atoms with E-state index in [9.17, 15) is 0 Å². The first-order valence-corrected chi connectivity index (χ1v) is 5.50. The van der Waals surface area contributed by atoms with E-state index in [1.807, 2.05) is 13.8 Å². The van der Waals surface area contributed by atoms with Crippen LogP contribution in [0, 0.1) is 13.8 Å². The quantitative estimate of drug-likeness (QED) is 0.832. The summed E-state index contributed by atoms with van der Waals surface area (Å²) in [5, 5.41) is 0.690. The lowest BCUT2D eigenvalue weighted by Crippen LogP contribution is -2.01. The SMILES string of the molecule is Cc1nc(-c2ncc(Cl)s2)nc(N)c1C. The first kappa shape index (κ1) is 10.3. The molecule has 2 aromatic rings. The molecule has 4 nitrogen and oxygen atoms in total. The van der Waals surface area contributed by atoms with Crippen molar-refractivity contribution < 1.29 is 0 Å². The number of aromatic nitrogens is 3. The molecule has 15 heavy (non-hydrogen) atoms. The van der Waals surface area contributed by atoms with E-state index < -0.39 is 0 Å². The van der Waals surface area contributed by atoms with Crippen LogP contribution in [-0.2, 0) is 0 Å². The van der Waals surface area contributed by atoms with Crippen molar-refractivity contribution in [2.45, 2.75) is 13.8 Å². The summed E-state index contributed by atoms with van der Waals surface area (Å²) in [6.07, 6.45) is 1.58. The molecular weight excluding hydrogens is 232 g/mol. The molecule has 0 bridgehead atoms. The van der Waals surface area contributed by atoms with Crippen LogP contribution in [0.4, 0.5) is 5.82 Å². The number of nitrogen functional groups attached to an aromatic ring is 1. The Morgan fingerprint density at radius 1 is 1.33 bits per heavy atom. The van der Waals surface area contributed by atoms with E-state index in [0.29, 0.717) is 21.0 Å². The van der Waals surface area contributed by atoms with Crippen LogP contribution in [0.3, 0.4) is 0 Å². The summed E-state index contributed by atoms with van der Waals surface area (Å²) >= 11 is 7.13. The van der Waals surface area contributed by atoms with Gasteiger partial charge in [0.1, 0.15) is 10.2 Å². The molecule has 0 unspecified atom stereocenters. The maximum atomic E-state index is 5.79. The van der Waals surface area contributed by atoms with Crippen molar-refractivity contribution in [1.82, 2.24) is 15.0 Å². The molecule has 0 aliphatic heterocycles. The summed E-state index contributed by atoms with van der Waals surface area (Å²) in [7, 11) is 0. The van der Waals surface area contributed by atoms with Crippen LogP contribution < -0.4 is 5.73 Å². The highest BCUT2D eigenvalue weighted by atomic mass is 35.5. The molecular formula is C9H9ClN4S. The highest BCUT2D eigenvalue weighted by molar-refractivity contribution is 7.18. The number of anilines is 1. The standard InChI is InChI=1S/C9H9ClN4S/c1-4-5(2)13-8(14-7(4)11)9-12-3-6(10)15-9/h3H,1-2H3,(H2,11,13,14). The Kier molecular flexibility index (Phi) is 2.58. The topological polar surface area (TPSA) is 64.7 Å². The minimum Gasteiger partial charge on any atom is -0.383 e. The third-order valence-electron chi connectivity index (χ3n) is 2.10. The molecule has 2 aromatic heterocycles. The first-order chi connectivity index (χ1) is 7.08. The fourth-order valence-electron chi connectivity index (χ4n) is 1.10. The Balaban J connectivity index is 2.55. The average Bonchev–Trinajstić information content (AvgIpc) is 2.60. The number of halogens is 1.